The average molecular weight is 460 g/mol. The molecule has 0 fully saturated rings. The summed E-state index contributed by atoms with van der Waals surface area (Å²) in [5.41, 5.74) is 1.05. The molecule has 3 aromatic rings. The number of nitrogens with one attached hydrogen (secondary N) is 1. The van der Waals surface area contributed by atoms with Gasteiger partial charge < -0.3 is 15.0 Å². The maximum absolute atomic E-state index is 12.9. The summed E-state index contributed by atoms with van der Waals surface area (Å²) < 4.78 is 5.66. The van der Waals surface area contributed by atoms with E-state index < -0.39 is 16.8 Å². The first-order valence-corrected chi connectivity index (χ1v) is 10.9. The van der Waals surface area contributed by atoms with Crippen molar-refractivity contribution in [2.24, 2.45) is 0 Å². The number of thiophene rings is 2. The fraction of sp³-hybridized carbons (Fsp3) is 0.250. The third-order valence-corrected chi connectivity index (χ3v) is 7.30. The van der Waals surface area contributed by atoms with Crippen molar-refractivity contribution in [3.05, 3.63) is 55.3 Å². The first-order chi connectivity index (χ1) is 14.8. The van der Waals surface area contributed by atoms with Gasteiger partial charge >= 0.3 is 5.97 Å². The van der Waals surface area contributed by atoms with Crippen LogP contribution in [0.1, 0.15) is 37.4 Å². The van der Waals surface area contributed by atoms with Crippen molar-refractivity contribution in [1.29, 1.82) is 0 Å². The topological polar surface area (TPSA) is 119 Å². The van der Waals surface area contributed by atoms with Crippen molar-refractivity contribution in [3.8, 4) is 0 Å². The van der Waals surface area contributed by atoms with E-state index in [1.807, 2.05) is 0 Å². The van der Waals surface area contributed by atoms with E-state index in [0.717, 1.165) is 15.1 Å². The highest BCUT2D eigenvalue weighted by molar-refractivity contribution is 7.21. The monoisotopic (exact) mass is 459 g/mol. The van der Waals surface area contributed by atoms with E-state index in [2.05, 4.69) is 5.32 Å². The molecule has 4 rings (SSSR count). The normalized spacial score (nSPS) is 13.0. The molecule has 2 aromatic heterocycles. The van der Waals surface area contributed by atoms with Gasteiger partial charge in [0.1, 0.15) is 5.00 Å². The molecule has 11 heteroatoms. The number of nitrogens with zero attached hydrogens (tertiary/aromatic N) is 2. The molecule has 1 aliphatic rings. The number of amides is 2. The number of nitro benzene ring substituents is 1. The Hall–Kier alpha value is -3.31. The number of benzene rings is 1. The van der Waals surface area contributed by atoms with Crippen LogP contribution in [0.25, 0.3) is 10.1 Å². The van der Waals surface area contributed by atoms with E-state index in [1.165, 1.54) is 48.8 Å². The Kier molecular flexibility index (Phi) is 5.46. The molecule has 2 amide bonds. The summed E-state index contributed by atoms with van der Waals surface area (Å²) in [6.07, 6.45) is 0.498. The second-order valence-electron chi connectivity index (χ2n) is 6.93. The highest BCUT2D eigenvalue weighted by atomic mass is 32.1. The zero-order valence-corrected chi connectivity index (χ0v) is 18.2. The second kappa shape index (κ2) is 8.08. The minimum absolute atomic E-state index is 0.0498. The number of nitro groups is 1. The molecule has 160 valence electrons. The Bertz CT molecular complexity index is 1250. The molecular formula is C20H17N3O6S2. The summed E-state index contributed by atoms with van der Waals surface area (Å²) in [6.45, 7) is 2.36. The number of carbonyl (C=O) groups excluding carboxylic acids is 3. The summed E-state index contributed by atoms with van der Waals surface area (Å²) in [6, 6.07) is 6.01. The lowest BCUT2D eigenvalue weighted by Gasteiger charge is -2.25. The van der Waals surface area contributed by atoms with Gasteiger partial charge in [0.2, 0.25) is 5.91 Å². The fourth-order valence-corrected chi connectivity index (χ4v) is 5.68. The minimum Gasteiger partial charge on any atom is -0.465 e. The van der Waals surface area contributed by atoms with Crippen LogP contribution < -0.4 is 5.32 Å². The van der Waals surface area contributed by atoms with Crippen LogP contribution >= 0.6 is 22.7 Å². The lowest BCUT2D eigenvalue weighted by Crippen LogP contribution is -2.33. The molecule has 0 unspecified atom stereocenters. The van der Waals surface area contributed by atoms with Crippen molar-refractivity contribution >= 4 is 61.2 Å². The van der Waals surface area contributed by atoms with Crippen LogP contribution in [0, 0.1) is 10.1 Å². The van der Waals surface area contributed by atoms with Gasteiger partial charge in [-0.1, -0.05) is 0 Å². The lowest BCUT2D eigenvalue weighted by molar-refractivity contribution is -0.384. The predicted molar refractivity (Wildman–Crippen MR) is 117 cm³/mol. The van der Waals surface area contributed by atoms with Crippen molar-refractivity contribution in [1.82, 2.24) is 4.90 Å². The molecule has 1 aliphatic heterocycles. The van der Waals surface area contributed by atoms with Gasteiger partial charge in [-0.15, -0.1) is 22.7 Å². The van der Waals surface area contributed by atoms with E-state index in [-0.39, 0.29) is 11.6 Å². The number of carbonyl (C=O) groups is 3. The number of methoxy groups -OCH3 is 1. The van der Waals surface area contributed by atoms with Gasteiger partial charge in [0.25, 0.3) is 11.6 Å². The summed E-state index contributed by atoms with van der Waals surface area (Å²) in [7, 11) is 1.28. The summed E-state index contributed by atoms with van der Waals surface area (Å²) in [5.74, 6) is -1.02. The van der Waals surface area contributed by atoms with Crippen LogP contribution in [0.4, 0.5) is 10.7 Å². The van der Waals surface area contributed by atoms with Gasteiger partial charge in [0.05, 0.1) is 29.0 Å². The van der Waals surface area contributed by atoms with Gasteiger partial charge in [0.15, 0.2) is 0 Å². The molecule has 9 nitrogen and oxygen atoms in total. The highest BCUT2D eigenvalue weighted by Crippen LogP contribution is 2.38. The van der Waals surface area contributed by atoms with Crippen LogP contribution in [-0.4, -0.2) is 41.3 Å². The maximum Gasteiger partial charge on any atom is 0.341 e. The Morgan fingerprint density at radius 3 is 2.68 bits per heavy atom. The number of hydrogen-bond donors (Lipinski definition) is 1. The Morgan fingerprint density at radius 1 is 1.23 bits per heavy atom. The largest absolute Gasteiger partial charge is 0.465 e. The number of anilines is 1. The van der Waals surface area contributed by atoms with Crippen LogP contribution in [-0.2, 0) is 22.5 Å². The maximum atomic E-state index is 12.9. The Morgan fingerprint density at radius 2 is 2.00 bits per heavy atom. The van der Waals surface area contributed by atoms with Crippen LogP contribution in [0.2, 0.25) is 0 Å². The van der Waals surface area contributed by atoms with Gasteiger partial charge in [-0.3, -0.25) is 19.7 Å². The van der Waals surface area contributed by atoms with Gasteiger partial charge in [-0.2, -0.15) is 0 Å². The molecule has 31 heavy (non-hydrogen) atoms. The van der Waals surface area contributed by atoms with Crippen LogP contribution in [0.3, 0.4) is 0 Å². The molecule has 0 saturated carbocycles. The SMILES string of the molecule is COC(=O)c1c(NC(=O)c2cc3cc([N+](=O)[O-])ccc3s2)sc2c1CCN(C(C)=O)C2. The number of hydrogen-bond acceptors (Lipinski definition) is 8. The highest BCUT2D eigenvalue weighted by Gasteiger charge is 2.30. The molecule has 0 atom stereocenters. The first-order valence-electron chi connectivity index (χ1n) is 9.26. The Balaban J connectivity index is 1.66. The first kappa shape index (κ1) is 20.9. The van der Waals surface area contributed by atoms with Gasteiger partial charge in [0, 0.05) is 40.6 Å². The van der Waals surface area contributed by atoms with E-state index in [4.69, 9.17) is 4.74 Å². The van der Waals surface area contributed by atoms with Crippen molar-refractivity contribution in [2.45, 2.75) is 19.9 Å². The Labute approximate surface area is 184 Å². The summed E-state index contributed by atoms with van der Waals surface area (Å²) >= 11 is 2.46. The molecule has 1 N–H and O–H groups in total. The van der Waals surface area contributed by atoms with Crippen molar-refractivity contribution < 1.29 is 24.0 Å². The van der Waals surface area contributed by atoms with Crippen LogP contribution in [0.15, 0.2) is 24.3 Å². The zero-order valence-electron chi connectivity index (χ0n) is 16.6. The van der Waals surface area contributed by atoms with E-state index >= 15 is 0 Å². The molecule has 0 radical (unpaired) electrons. The van der Waals surface area contributed by atoms with Gasteiger partial charge in [-0.05, 0) is 24.1 Å². The molecular weight excluding hydrogens is 442 g/mol. The molecule has 0 spiro atoms. The molecule has 0 bridgehead atoms. The zero-order chi connectivity index (χ0) is 22.3. The third-order valence-electron chi connectivity index (χ3n) is 5.05. The number of ether oxygens (including phenoxy) is 1. The summed E-state index contributed by atoms with van der Waals surface area (Å²) in [4.78, 5) is 50.5. The standard InChI is InChI=1S/C20H17N3O6S2/c1-10(24)22-6-5-13-16(9-22)31-19(17(13)20(26)29-2)21-18(25)15-8-11-7-12(23(27)28)3-4-14(11)30-15/h3-4,7-8H,5-6,9H2,1-2H3,(H,21,25). The molecule has 0 aliphatic carbocycles. The molecule has 1 aromatic carbocycles. The predicted octanol–water partition coefficient (Wildman–Crippen LogP) is 3.81. The second-order valence-corrected chi connectivity index (χ2v) is 9.12. The van der Waals surface area contributed by atoms with E-state index in [1.54, 1.807) is 17.0 Å². The molecule has 0 saturated heterocycles. The number of non-ortho nitro benzene ring substituents is 1. The number of esters is 1. The fourth-order valence-electron chi connectivity index (χ4n) is 3.50. The minimum atomic E-state index is -0.545. The quantitative estimate of drug-likeness (QED) is 0.360. The van der Waals surface area contributed by atoms with Crippen LogP contribution in [0.5, 0.6) is 0 Å². The smallest absolute Gasteiger partial charge is 0.341 e. The van der Waals surface area contributed by atoms with E-state index in [9.17, 15) is 24.5 Å². The van der Waals surface area contributed by atoms with E-state index in [0.29, 0.717) is 40.3 Å². The molecule has 3 heterocycles. The number of fused-ring (bicyclic) bond motifs is 2. The summed E-state index contributed by atoms with van der Waals surface area (Å²) in [5, 5.41) is 14.7. The average Bonchev–Trinajstić information content (AvgIpc) is 3.32. The lowest BCUT2D eigenvalue weighted by atomic mass is 10.0. The third kappa shape index (κ3) is 3.89. The van der Waals surface area contributed by atoms with Crippen molar-refractivity contribution in [2.75, 3.05) is 19.0 Å². The van der Waals surface area contributed by atoms with Crippen molar-refractivity contribution in [3.63, 3.8) is 0 Å². The van der Waals surface area contributed by atoms with Gasteiger partial charge in [-0.25, -0.2) is 4.79 Å². The number of rotatable bonds is 4.